The zero-order chi connectivity index (χ0) is 31.9. The highest BCUT2D eigenvalue weighted by Gasteiger charge is 2.39. The lowest BCUT2D eigenvalue weighted by Crippen LogP contribution is -2.46. The van der Waals surface area contributed by atoms with Gasteiger partial charge in [-0.2, -0.15) is 0 Å². The number of thioether (sulfide) groups is 1. The number of aromatic nitrogens is 3. The highest BCUT2D eigenvalue weighted by molar-refractivity contribution is 7.98. The zero-order valence-corrected chi connectivity index (χ0v) is 27.4. The van der Waals surface area contributed by atoms with Gasteiger partial charge < -0.3 is 19.4 Å². The molecule has 3 aromatic carbocycles. The van der Waals surface area contributed by atoms with Crippen molar-refractivity contribution in [1.82, 2.24) is 19.4 Å². The van der Waals surface area contributed by atoms with Gasteiger partial charge in [0.2, 0.25) is 0 Å². The number of nitrogens with zero attached hydrogens (tertiary/aromatic N) is 6. The Morgan fingerprint density at radius 3 is 2.48 bits per heavy atom. The molecule has 234 valence electrons. The summed E-state index contributed by atoms with van der Waals surface area (Å²) in [5.41, 5.74) is 2.96. The van der Waals surface area contributed by atoms with Crippen molar-refractivity contribution in [2.75, 3.05) is 43.4 Å². The molecule has 1 atom stereocenters. The molecule has 0 N–H and O–H groups in total. The maximum atomic E-state index is 14.2. The van der Waals surface area contributed by atoms with Gasteiger partial charge in [0.15, 0.2) is 5.16 Å². The molecule has 7 rings (SSSR count). The van der Waals surface area contributed by atoms with Gasteiger partial charge in [-0.05, 0) is 66.4 Å². The van der Waals surface area contributed by atoms with E-state index in [1.165, 1.54) is 11.8 Å². The smallest absolute Gasteiger partial charge is 0.264 e. The van der Waals surface area contributed by atoms with E-state index in [1.807, 2.05) is 73.0 Å². The van der Waals surface area contributed by atoms with Gasteiger partial charge in [0.1, 0.15) is 22.9 Å². The van der Waals surface area contributed by atoms with Crippen molar-refractivity contribution >= 4 is 51.7 Å². The Hall–Kier alpha value is -4.54. The molecular weight excluding hydrogens is 620 g/mol. The van der Waals surface area contributed by atoms with E-state index < -0.39 is 0 Å². The third-order valence-electron chi connectivity index (χ3n) is 8.71. The Kier molecular flexibility index (Phi) is 8.08. The van der Waals surface area contributed by atoms with Crippen LogP contribution in [0, 0.1) is 0 Å². The number of benzene rings is 3. The zero-order valence-electron chi connectivity index (χ0n) is 25.8. The van der Waals surface area contributed by atoms with Gasteiger partial charge >= 0.3 is 0 Å². The second kappa shape index (κ2) is 12.3. The first-order chi connectivity index (χ1) is 22.4. The first-order valence-corrected chi connectivity index (χ1v) is 16.7. The molecule has 4 heterocycles. The Morgan fingerprint density at radius 2 is 1.74 bits per heavy atom. The van der Waals surface area contributed by atoms with E-state index in [4.69, 9.17) is 26.3 Å². The molecule has 0 spiro atoms. The van der Waals surface area contributed by atoms with Gasteiger partial charge in [-0.1, -0.05) is 65.8 Å². The predicted molar refractivity (Wildman–Crippen MR) is 184 cm³/mol. The van der Waals surface area contributed by atoms with Crippen molar-refractivity contribution in [2.45, 2.75) is 30.6 Å². The second-order valence-corrected chi connectivity index (χ2v) is 12.7. The number of fused-ring (bicyclic) bond motifs is 2. The van der Waals surface area contributed by atoms with Gasteiger partial charge in [-0.15, -0.1) is 0 Å². The van der Waals surface area contributed by atoms with E-state index >= 15 is 0 Å². The minimum atomic E-state index is -0.222. The summed E-state index contributed by atoms with van der Waals surface area (Å²) < 4.78 is 7.11. The number of pyridine rings is 1. The van der Waals surface area contributed by atoms with E-state index in [-0.39, 0.29) is 17.5 Å². The highest BCUT2D eigenvalue weighted by Crippen LogP contribution is 2.42. The van der Waals surface area contributed by atoms with Gasteiger partial charge in [-0.25, -0.2) is 9.97 Å². The molecule has 11 heteroatoms. The van der Waals surface area contributed by atoms with E-state index in [0.717, 1.165) is 40.9 Å². The normalized spacial score (nSPS) is 16.3. The average Bonchev–Trinajstić information content (AvgIpc) is 3.57. The van der Waals surface area contributed by atoms with Crippen molar-refractivity contribution in [3.63, 3.8) is 0 Å². The van der Waals surface area contributed by atoms with Crippen LogP contribution >= 0.6 is 23.4 Å². The summed E-state index contributed by atoms with van der Waals surface area (Å²) in [6.07, 6.45) is 3.59. The maximum absolute atomic E-state index is 14.2. The van der Waals surface area contributed by atoms with E-state index in [0.29, 0.717) is 52.5 Å². The third-order valence-corrected chi connectivity index (χ3v) is 9.58. The number of methoxy groups -OCH3 is 1. The molecule has 1 amide bonds. The molecule has 9 nitrogen and oxygen atoms in total. The van der Waals surface area contributed by atoms with Crippen molar-refractivity contribution < 1.29 is 9.53 Å². The fourth-order valence-electron chi connectivity index (χ4n) is 6.55. The van der Waals surface area contributed by atoms with E-state index in [9.17, 15) is 9.59 Å². The van der Waals surface area contributed by atoms with Crippen LogP contribution in [-0.4, -0.2) is 59.0 Å². The molecular formula is C35H33ClN6O3S. The lowest BCUT2D eigenvalue weighted by Gasteiger charge is -2.38. The Labute approximate surface area is 276 Å². The Bertz CT molecular complexity index is 2000. The summed E-state index contributed by atoms with van der Waals surface area (Å²) in [6, 6.07) is 24.9. The van der Waals surface area contributed by atoms with Crippen molar-refractivity contribution in [3.05, 3.63) is 111 Å². The van der Waals surface area contributed by atoms with Crippen LogP contribution in [0.25, 0.3) is 16.5 Å². The summed E-state index contributed by atoms with van der Waals surface area (Å²) in [6.45, 7) is 1.62. The molecule has 0 radical (unpaired) electrons. The summed E-state index contributed by atoms with van der Waals surface area (Å²) in [7, 11) is 3.46. The third kappa shape index (κ3) is 5.25. The lowest BCUT2D eigenvalue weighted by molar-refractivity contribution is 0.0780. The molecule has 2 aliphatic heterocycles. The number of halogens is 1. The van der Waals surface area contributed by atoms with Gasteiger partial charge in [0.25, 0.3) is 11.5 Å². The molecule has 0 aliphatic carbocycles. The topological polar surface area (TPSA) is 83.8 Å². The van der Waals surface area contributed by atoms with Crippen LogP contribution in [0.5, 0.6) is 5.75 Å². The molecule has 1 fully saturated rings. The quantitative estimate of drug-likeness (QED) is 0.145. The number of carbonyl (C=O) groups excluding carboxylic acids is 1. The average molecular weight is 653 g/mol. The summed E-state index contributed by atoms with van der Waals surface area (Å²) >= 11 is 8.04. The number of amides is 1. The highest BCUT2D eigenvalue weighted by atomic mass is 35.5. The second-order valence-electron chi connectivity index (χ2n) is 11.5. The Morgan fingerprint density at radius 1 is 0.978 bits per heavy atom. The minimum absolute atomic E-state index is 0.125. The van der Waals surface area contributed by atoms with E-state index in [2.05, 4.69) is 15.9 Å². The number of rotatable bonds is 7. The minimum Gasteiger partial charge on any atom is -0.497 e. The van der Waals surface area contributed by atoms with Crippen LogP contribution < -0.4 is 20.1 Å². The molecule has 46 heavy (non-hydrogen) atoms. The van der Waals surface area contributed by atoms with Crippen LogP contribution in [0.2, 0.25) is 5.02 Å². The molecule has 5 aromatic rings. The molecule has 1 saturated heterocycles. The largest absolute Gasteiger partial charge is 0.497 e. The number of ether oxygens (including phenoxy) is 1. The number of hydrogen-bond donors (Lipinski definition) is 0. The molecule has 1 unspecified atom stereocenters. The van der Waals surface area contributed by atoms with Gasteiger partial charge in [-0.3, -0.25) is 14.2 Å². The van der Waals surface area contributed by atoms with Crippen molar-refractivity contribution in [2.24, 2.45) is 0 Å². The number of para-hydroxylation sites is 1. The number of hydrogen-bond acceptors (Lipinski definition) is 8. The molecule has 0 saturated carbocycles. The Balaban J connectivity index is 1.39. The summed E-state index contributed by atoms with van der Waals surface area (Å²) in [5, 5.41) is 2.27. The maximum Gasteiger partial charge on any atom is 0.264 e. The first-order valence-electron chi connectivity index (χ1n) is 15.1. The fraction of sp³-hybridized carbons (Fsp3) is 0.257. The number of anilines is 2. The van der Waals surface area contributed by atoms with Crippen LogP contribution in [0.3, 0.4) is 0 Å². The van der Waals surface area contributed by atoms with Crippen molar-refractivity contribution in [3.8, 4) is 11.4 Å². The summed E-state index contributed by atoms with van der Waals surface area (Å²) in [5.74, 6) is 1.87. The van der Waals surface area contributed by atoms with Crippen LogP contribution in [-0.2, 0) is 6.54 Å². The van der Waals surface area contributed by atoms with Crippen molar-refractivity contribution in [1.29, 1.82) is 0 Å². The molecule has 0 bridgehead atoms. The van der Waals surface area contributed by atoms with Gasteiger partial charge in [0.05, 0.1) is 30.2 Å². The van der Waals surface area contributed by atoms with Crippen LogP contribution in [0.15, 0.2) is 88.8 Å². The monoisotopic (exact) mass is 652 g/mol. The van der Waals surface area contributed by atoms with Crippen LogP contribution in [0.4, 0.5) is 11.6 Å². The van der Waals surface area contributed by atoms with E-state index in [1.54, 1.807) is 29.7 Å². The SMILES string of the molecule is COc1ccc(CN2CN(C)C(=O)c3c2nc(SC)nc3N2CCCC2c2cc3cccc(Cl)c3c(=O)n2-c2ccccc2)cc1. The first kappa shape index (κ1) is 30.1. The number of carbonyl (C=O) groups is 1. The lowest BCUT2D eigenvalue weighted by atomic mass is 10.0. The molecule has 2 aromatic heterocycles. The molecule has 2 aliphatic rings. The van der Waals surface area contributed by atoms with Gasteiger partial charge in [0, 0.05) is 31.5 Å². The predicted octanol–water partition coefficient (Wildman–Crippen LogP) is 6.56. The van der Waals surface area contributed by atoms with Crippen LogP contribution in [0.1, 0.15) is 40.5 Å². The fourth-order valence-corrected chi connectivity index (χ4v) is 7.17. The summed E-state index contributed by atoms with van der Waals surface area (Å²) in [4.78, 5) is 44.1. The standard InChI is InChI=1S/C35H33ClN6O3S/c1-39-21-40(20-22-14-16-25(45-2)17-15-22)31-30(33(39)43)32(38-35(37-31)46-3)41-18-8-13-27(41)28-19-23-9-7-12-26(36)29(23)34(44)42(28)24-10-5-4-6-11-24/h4-7,9-12,14-17,19,27H,8,13,18,20-21H2,1-3H3.